The van der Waals surface area contributed by atoms with Gasteiger partial charge in [0, 0.05) is 16.1 Å². The minimum absolute atomic E-state index is 0.164. The quantitative estimate of drug-likeness (QED) is 0.900. The molecule has 0 saturated heterocycles. The molecule has 110 valence electrons. The van der Waals surface area contributed by atoms with Crippen molar-refractivity contribution in [3.8, 4) is 0 Å². The SMILES string of the molecule is Cc1ccc(Cl)cc1NC(=O)C(C)NC(=O)C(C)(C)C. The summed E-state index contributed by atoms with van der Waals surface area (Å²) >= 11 is 5.90. The molecule has 1 unspecified atom stereocenters. The lowest BCUT2D eigenvalue weighted by Crippen LogP contribution is -2.46. The molecule has 0 saturated carbocycles. The Hall–Kier alpha value is -1.55. The van der Waals surface area contributed by atoms with E-state index in [-0.39, 0.29) is 11.8 Å². The van der Waals surface area contributed by atoms with Crippen LogP contribution < -0.4 is 10.6 Å². The minimum Gasteiger partial charge on any atom is -0.344 e. The zero-order valence-corrected chi connectivity index (χ0v) is 13.3. The predicted octanol–water partition coefficient (Wildman–Crippen LogP) is 3.14. The summed E-state index contributed by atoms with van der Waals surface area (Å²) < 4.78 is 0. The number of rotatable bonds is 3. The molecule has 20 heavy (non-hydrogen) atoms. The van der Waals surface area contributed by atoms with Crippen molar-refractivity contribution in [1.29, 1.82) is 0 Å². The Bertz CT molecular complexity index is 521. The summed E-state index contributed by atoms with van der Waals surface area (Å²) in [6.45, 7) is 8.93. The molecule has 2 N–H and O–H groups in total. The molecular weight excluding hydrogens is 276 g/mol. The van der Waals surface area contributed by atoms with Gasteiger partial charge in [-0.2, -0.15) is 0 Å². The molecule has 1 aromatic rings. The second-order valence-corrected chi connectivity index (χ2v) is 6.33. The van der Waals surface area contributed by atoms with Gasteiger partial charge in [-0.3, -0.25) is 9.59 Å². The maximum Gasteiger partial charge on any atom is 0.246 e. The number of nitrogens with one attached hydrogen (secondary N) is 2. The molecule has 0 aliphatic rings. The van der Waals surface area contributed by atoms with Crippen molar-refractivity contribution in [2.45, 2.75) is 40.7 Å². The Morgan fingerprint density at radius 2 is 1.85 bits per heavy atom. The van der Waals surface area contributed by atoms with Crippen LogP contribution >= 0.6 is 11.6 Å². The van der Waals surface area contributed by atoms with Crippen LogP contribution in [0, 0.1) is 12.3 Å². The first-order valence-corrected chi connectivity index (χ1v) is 6.87. The highest BCUT2D eigenvalue weighted by molar-refractivity contribution is 6.31. The summed E-state index contributed by atoms with van der Waals surface area (Å²) in [5.74, 6) is -0.434. The number of anilines is 1. The fourth-order valence-electron chi connectivity index (χ4n) is 1.45. The van der Waals surface area contributed by atoms with Crippen molar-refractivity contribution in [2.24, 2.45) is 5.41 Å². The van der Waals surface area contributed by atoms with E-state index in [0.717, 1.165) is 5.56 Å². The molecule has 0 aromatic heterocycles. The van der Waals surface area contributed by atoms with Gasteiger partial charge in [0.2, 0.25) is 11.8 Å². The molecule has 0 aliphatic carbocycles. The maximum absolute atomic E-state index is 12.1. The van der Waals surface area contributed by atoms with Gasteiger partial charge in [-0.25, -0.2) is 0 Å². The van der Waals surface area contributed by atoms with Gasteiger partial charge in [0.1, 0.15) is 6.04 Å². The van der Waals surface area contributed by atoms with Crippen molar-refractivity contribution in [1.82, 2.24) is 5.32 Å². The number of benzene rings is 1. The van der Waals surface area contributed by atoms with Crippen LogP contribution in [0.4, 0.5) is 5.69 Å². The summed E-state index contributed by atoms with van der Waals surface area (Å²) in [5.41, 5.74) is 1.04. The summed E-state index contributed by atoms with van der Waals surface area (Å²) in [6.07, 6.45) is 0. The van der Waals surface area contributed by atoms with E-state index in [1.54, 1.807) is 39.8 Å². The molecule has 0 radical (unpaired) electrons. The molecule has 5 heteroatoms. The van der Waals surface area contributed by atoms with Gasteiger partial charge in [-0.15, -0.1) is 0 Å². The summed E-state index contributed by atoms with van der Waals surface area (Å²) in [7, 11) is 0. The number of carbonyl (C=O) groups is 2. The van der Waals surface area contributed by atoms with Crippen LogP contribution in [0.25, 0.3) is 0 Å². The largest absolute Gasteiger partial charge is 0.344 e. The van der Waals surface area contributed by atoms with Gasteiger partial charge < -0.3 is 10.6 Å². The predicted molar refractivity (Wildman–Crippen MR) is 81.9 cm³/mol. The fourth-order valence-corrected chi connectivity index (χ4v) is 1.62. The zero-order valence-electron chi connectivity index (χ0n) is 12.5. The summed E-state index contributed by atoms with van der Waals surface area (Å²) in [6, 6.07) is 4.67. The van der Waals surface area contributed by atoms with E-state index < -0.39 is 11.5 Å². The topological polar surface area (TPSA) is 58.2 Å². The van der Waals surface area contributed by atoms with E-state index in [0.29, 0.717) is 10.7 Å². The van der Waals surface area contributed by atoms with E-state index in [2.05, 4.69) is 10.6 Å². The molecule has 1 rings (SSSR count). The minimum atomic E-state index is -0.611. The lowest BCUT2D eigenvalue weighted by atomic mass is 9.95. The highest BCUT2D eigenvalue weighted by Crippen LogP contribution is 2.20. The molecule has 0 aliphatic heterocycles. The number of carbonyl (C=O) groups excluding carboxylic acids is 2. The van der Waals surface area contributed by atoms with Crippen molar-refractivity contribution >= 4 is 29.1 Å². The van der Waals surface area contributed by atoms with Gasteiger partial charge in [0.15, 0.2) is 0 Å². The normalized spacial score (nSPS) is 12.7. The third kappa shape index (κ3) is 4.53. The Morgan fingerprint density at radius 3 is 2.40 bits per heavy atom. The third-order valence-corrected chi connectivity index (χ3v) is 3.11. The van der Waals surface area contributed by atoms with E-state index in [4.69, 9.17) is 11.6 Å². The van der Waals surface area contributed by atoms with Crippen LogP contribution in [-0.4, -0.2) is 17.9 Å². The Kier molecular flexibility index (Phi) is 5.17. The average Bonchev–Trinajstić information content (AvgIpc) is 2.32. The Balaban J connectivity index is 2.71. The van der Waals surface area contributed by atoms with Crippen LogP contribution in [0.15, 0.2) is 18.2 Å². The van der Waals surface area contributed by atoms with Gasteiger partial charge >= 0.3 is 0 Å². The molecule has 2 amide bonds. The molecule has 1 aromatic carbocycles. The van der Waals surface area contributed by atoms with Crippen molar-refractivity contribution in [2.75, 3.05) is 5.32 Å². The van der Waals surface area contributed by atoms with Crippen LogP contribution in [0.2, 0.25) is 5.02 Å². The second-order valence-electron chi connectivity index (χ2n) is 5.89. The Labute approximate surface area is 124 Å². The number of aryl methyl sites for hydroxylation is 1. The lowest BCUT2D eigenvalue weighted by Gasteiger charge is -2.21. The molecule has 0 spiro atoms. The smallest absolute Gasteiger partial charge is 0.246 e. The number of hydrogen-bond donors (Lipinski definition) is 2. The molecule has 4 nitrogen and oxygen atoms in total. The standard InChI is InChI=1S/C15H21ClN2O2/c1-9-6-7-11(16)8-12(9)18-13(19)10(2)17-14(20)15(3,4)5/h6-8,10H,1-5H3,(H,17,20)(H,18,19). The fraction of sp³-hybridized carbons (Fsp3) is 0.467. The van der Waals surface area contributed by atoms with Gasteiger partial charge in [0.05, 0.1) is 0 Å². The number of amides is 2. The van der Waals surface area contributed by atoms with Crippen LogP contribution in [0.1, 0.15) is 33.3 Å². The average molecular weight is 297 g/mol. The zero-order chi connectivity index (χ0) is 15.5. The van der Waals surface area contributed by atoms with Crippen molar-refractivity contribution in [3.63, 3.8) is 0 Å². The maximum atomic E-state index is 12.1. The molecule has 1 atom stereocenters. The summed E-state index contributed by atoms with van der Waals surface area (Å²) in [4.78, 5) is 23.9. The highest BCUT2D eigenvalue weighted by Gasteiger charge is 2.25. The van der Waals surface area contributed by atoms with Gasteiger partial charge in [0.25, 0.3) is 0 Å². The first kappa shape index (κ1) is 16.5. The number of halogens is 1. The molecule has 0 bridgehead atoms. The van der Waals surface area contributed by atoms with Crippen LogP contribution in [-0.2, 0) is 9.59 Å². The van der Waals surface area contributed by atoms with E-state index in [1.165, 1.54) is 0 Å². The third-order valence-electron chi connectivity index (χ3n) is 2.88. The van der Waals surface area contributed by atoms with Crippen LogP contribution in [0.3, 0.4) is 0 Å². The van der Waals surface area contributed by atoms with E-state index >= 15 is 0 Å². The van der Waals surface area contributed by atoms with Gasteiger partial charge in [-0.1, -0.05) is 38.4 Å². The van der Waals surface area contributed by atoms with E-state index in [1.807, 2.05) is 13.0 Å². The molecule has 0 heterocycles. The first-order chi connectivity index (χ1) is 9.11. The monoisotopic (exact) mass is 296 g/mol. The van der Waals surface area contributed by atoms with Gasteiger partial charge in [-0.05, 0) is 31.5 Å². The van der Waals surface area contributed by atoms with Crippen molar-refractivity contribution < 1.29 is 9.59 Å². The Morgan fingerprint density at radius 1 is 1.25 bits per heavy atom. The van der Waals surface area contributed by atoms with Crippen LogP contribution in [0.5, 0.6) is 0 Å². The lowest BCUT2D eigenvalue weighted by molar-refractivity contribution is -0.131. The van der Waals surface area contributed by atoms with E-state index in [9.17, 15) is 9.59 Å². The van der Waals surface area contributed by atoms with Crippen molar-refractivity contribution in [3.05, 3.63) is 28.8 Å². The highest BCUT2D eigenvalue weighted by atomic mass is 35.5. The summed E-state index contributed by atoms with van der Waals surface area (Å²) in [5, 5.41) is 6.01. The number of hydrogen-bond acceptors (Lipinski definition) is 2. The molecule has 0 fully saturated rings. The second kappa shape index (κ2) is 6.27. The molecular formula is C15H21ClN2O2. The first-order valence-electron chi connectivity index (χ1n) is 6.49.